The summed E-state index contributed by atoms with van der Waals surface area (Å²) >= 11 is 0. The Bertz CT molecular complexity index is 244. The molecule has 1 N–H and O–H groups in total. The van der Waals surface area contributed by atoms with E-state index in [4.69, 9.17) is 4.74 Å². The first-order valence-electron chi connectivity index (χ1n) is 8.04. The third kappa shape index (κ3) is 5.83. The summed E-state index contributed by atoms with van der Waals surface area (Å²) in [5.74, 6) is 3.14. The molecule has 1 saturated carbocycles. The van der Waals surface area contributed by atoms with Crippen molar-refractivity contribution in [1.82, 2.24) is 5.32 Å². The van der Waals surface area contributed by atoms with E-state index in [9.17, 15) is 0 Å². The number of hydrogen-bond acceptors (Lipinski definition) is 2. The summed E-state index contributed by atoms with van der Waals surface area (Å²) in [6.07, 6.45) is 4.09. The van der Waals surface area contributed by atoms with E-state index in [1.54, 1.807) is 0 Å². The molecule has 0 saturated heterocycles. The smallest absolute Gasteiger partial charge is 0.0493 e. The minimum Gasteiger partial charge on any atom is -0.384 e. The van der Waals surface area contributed by atoms with Crippen molar-refractivity contribution >= 4 is 0 Å². The van der Waals surface area contributed by atoms with Crippen LogP contribution in [0.2, 0.25) is 0 Å². The number of nitrogens with one attached hydrogen (secondary N) is 1. The molecule has 0 spiro atoms. The molecule has 1 rings (SSSR count). The summed E-state index contributed by atoms with van der Waals surface area (Å²) in [6.45, 7) is 14.9. The highest BCUT2D eigenvalue weighted by Crippen LogP contribution is 2.42. The zero-order valence-corrected chi connectivity index (χ0v) is 14.0. The molecule has 0 amide bonds. The van der Waals surface area contributed by atoms with Crippen LogP contribution < -0.4 is 5.32 Å². The molecule has 0 aromatic carbocycles. The number of methoxy groups -OCH3 is 1. The van der Waals surface area contributed by atoms with Gasteiger partial charge in [0.15, 0.2) is 0 Å². The van der Waals surface area contributed by atoms with Crippen molar-refractivity contribution in [2.24, 2.45) is 29.1 Å². The number of hydrogen-bond donors (Lipinski definition) is 1. The van der Waals surface area contributed by atoms with Gasteiger partial charge in [0, 0.05) is 13.7 Å². The van der Waals surface area contributed by atoms with E-state index in [-0.39, 0.29) is 0 Å². The number of rotatable bonds is 6. The van der Waals surface area contributed by atoms with Gasteiger partial charge in [-0.25, -0.2) is 0 Å². The molecule has 2 nitrogen and oxygen atoms in total. The van der Waals surface area contributed by atoms with Crippen LogP contribution in [0.1, 0.15) is 53.9 Å². The summed E-state index contributed by atoms with van der Waals surface area (Å²) in [5.41, 5.74) is 0.447. The molecular weight excluding hydrogens is 234 g/mol. The lowest BCUT2D eigenvalue weighted by atomic mass is 9.65. The fourth-order valence-corrected chi connectivity index (χ4v) is 3.36. The van der Waals surface area contributed by atoms with Gasteiger partial charge >= 0.3 is 0 Å². The lowest BCUT2D eigenvalue weighted by Gasteiger charge is -2.42. The predicted molar refractivity (Wildman–Crippen MR) is 83.4 cm³/mol. The Kier molecular flexibility index (Phi) is 6.82. The first-order chi connectivity index (χ1) is 8.84. The molecule has 2 heteroatoms. The lowest BCUT2D eigenvalue weighted by molar-refractivity contribution is 0.0418. The van der Waals surface area contributed by atoms with Gasteiger partial charge in [0.05, 0.1) is 0 Å². The molecule has 0 radical (unpaired) electrons. The van der Waals surface area contributed by atoms with Gasteiger partial charge in [-0.1, -0.05) is 34.6 Å². The molecule has 3 unspecified atom stereocenters. The highest BCUT2D eigenvalue weighted by Gasteiger charge is 2.35. The molecule has 0 aromatic rings. The van der Waals surface area contributed by atoms with Crippen molar-refractivity contribution in [3.63, 3.8) is 0 Å². The zero-order chi connectivity index (χ0) is 14.5. The maximum Gasteiger partial charge on any atom is 0.0493 e. The van der Waals surface area contributed by atoms with E-state index >= 15 is 0 Å². The summed E-state index contributed by atoms with van der Waals surface area (Å²) in [7, 11) is 1.85. The first kappa shape index (κ1) is 17.0. The maximum atomic E-state index is 5.47. The van der Waals surface area contributed by atoms with Gasteiger partial charge in [-0.15, -0.1) is 0 Å². The lowest BCUT2D eigenvalue weighted by Crippen LogP contribution is -2.39. The molecule has 114 valence electrons. The van der Waals surface area contributed by atoms with Crippen LogP contribution in [0.4, 0.5) is 0 Å². The maximum absolute atomic E-state index is 5.47. The molecule has 1 aliphatic carbocycles. The molecule has 1 aliphatic rings. The first-order valence-corrected chi connectivity index (χ1v) is 8.04. The predicted octanol–water partition coefficient (Wildman–Crippen LogP) is 3.96. The van der Waals surface area contributed by atoms with Crippen molar-refractivity contribution in [2.45, 2.75) is 53.9 Å². The Balaban J connectivity index is 2.48. The van der Waals surface area contributed by atoms with E-state index < -0.39 is 0 Å². The van der Waals surface area contributed by atoms with Gasteiger partial charge in [0.1, 0.15) is 0 Å². The van der Waals surface area contributed by atoms with Crippen molar-refractivity contribution < 1.29 is 4.74 Å². The van der Waals surface area contributed by atoms with Crippen LogP contribution in [0.5, 0.6) is 0 Å². The molecule has 0 bridgehead atoms. The number of ether oxygens (including phenoxy) is 1. The largest absolute Gasteiger partial charge is 0.384 e. The quantitative estimate of drug-likeness (QED) is 0.788. The van der Waals surface area contributed by atoms with Gasteiger partial charge in [0.2, 0.25) is 0 Å². The Morgan fingerprint density at radius 1 is 1.16 bits per heavy atom. The Morgan fingerprint density at radius 3 is 2.37 bits per heavy atom. The average molecular weight is 269 g/mol. The van der Waals surface area contributed by atoms with E-state index in [0.29, 0.717) is 5.41 Å². The van der Waals surface area contributed by atoms with E-state index in [0.717, 1.165) is 36.8 Å². The average Bonchev–Trinajstić information content (AvgIpc) is 2.29. The summed E-state index contributed by atoms with van der Waals surface area (Å²) in [5, 5.41) is 3.64. The highest BCUT2D eigenvalue weighted by molar-refractivity contribution is 4.86. The van der Waals surface area contributed by atoms with E-state index in [1.165, 1.54) is 25.8 Å². The van der Waals surface area contributed by atoms with Crippen LogP contribution in [0.25, 0.3) is 0 Å². The normalized spacial score (nSPS) is 28.9. The topological polar surface area (TPSA) is 21.3 Å². The van der Waals surface area contributed by atoms with Crippen molar-refractivity contribution in [3.8, 4) is 0 Å². The Labute approximate surface area is 120 Å². The van der Waals surface area contributed by atoms with Crippen LogP contribution in [0.15, 0.2) is 0 Å². The van der Waals surface area contributed by atoms with Gasteiger partial charge in [-0.05, 0) is 61.4 Å². The third-order valence-electron chi connectivity index (χ3n) is 4.70. The molecular formula is C17H35NO. The summed E-state index contributed by atoms with van der Waals surface area (Å²) in [6, 6.07) is 0. The fourth-order valence-electron chi connectivity index (χ4n) is 3.36. The standard InChI is InChI=1S/C17H35NO/c1-13(2)10-18-11-14-7-8-16(17(3,4)5)9-15(14)12-19-6/h13-16,18H,7-12H2,1-6H3. The van der Waals surface area contributed by atoms with Crippen molar-refractivity contribution in [3.05, 3.63) is 0 Å². The third-order valence-corrected chi connectivity index (χ3v) is 4.70. The Morgan fingerprint density at radius 2 is 1.84 bits per heavy atom. The minimum absolute atomic E-state index is 0.447. The van der Waals surface area contributed by atoms with E-state index in [2.05, 4.69) is 39.9 Å². The van der Waals surface area contributed by atoms with Gasteiger partial charge < -0.3 is 10.1 Å². The monoisotopic (exact) mass is 269 g/mol. The summed E-state index contributed by atoms with van der Waals surface area (Å²) < 4.78 is 5.47. The second-order valence-electron chi connectivity index (χ2n) is 7.90. The molecule has 0 aromatic heterocycles. The Hall–Kier alpha value is -0.0800. The van der Waals surface area contributed by atoms with Gasteiger partial charge in [0.25, 0.3) is 0 Å². The molecule has 1 fully saturated rings. The van der Waals surface area contributed by atoms with Gasteiger partial charge in [-0.2, -0.15) is 0 Å². The van der Waals surface area contributed by atoms with Crippen molar-refractivity contribution in [1.29, 1.82) is 0 Å². The molecule has 0 heterocycles. The van der Waals surface area contributed by atoms with E-state index in [1.807, 2.05) is 7.11 Å². The van der Waals surface area contributed by atoms with Crippen LogP contribution in [0.3, 0.4) is 0 Å². The van der Waals surface area contributed by atoms with Crippen LogP contribution in [-0.4, -0.2) is 26.8 Å². The molecule has 3 atom stereocenters. The second kappa shape index (κ2) is 7.64. The van der Waals surface area contributed by atoms with Crippen molar-refractivity contribution in [2.75, 3.05) is 26.8 Å². The minimum atomic E-state index is 0.447. The molecule has 19 heavy (non-hydrogen) atoms. The van der Waals surface area contributed by atoms with Gasteiger partial charge in [-0.3, -0.25) is 0 Å². The highest BCUT2D eigenvalue weighted by atomic mass is 16.5. The zero-order valence-electron chi connectivity index (χ0n) is 14.0. The van der Waals surface area contributed by atoms with Crippen LogP contribution in [0, 0.1) is 29.1 Å². The molecule has 0 aliphatic heterocycles. The second-order valence-corrected chi connectivity index (χ2v) is 7.90. The van der Waals surface area contributed by atoms with Crippen LogP contribution in [-0.2, 0) is 4.74 Å². The summed E-state index contributed by atoms with van der Waals surface area (Å²) in [4.78, 5) is 0. The SMILES string of the molecule is COCC1CC(C(C)(C)C)CCC1CNCC(C)C. The fraction of sp³-hybridized carbons (Fsp3) is 1.00. The van der Waals surface area contributed by atoms with Crippen LogP contribution >= 0.6 is 0 Å².